The predicted molar refractivity (Wildman–Crippen MR) is 161 cm³/mol. The molecule has 0 amide bonds. The number of carbonyl (C=O) groups excluding carboxylic acids is 2. The van der Waals surface area contributed by atoms with Gasteiger partial charge in [-0.05, 0) is 37.4 Å². The average Bonchev–Trinajstić information content (AvgIpc) is 3.64. The van der Waals surface area contributed by atoms with Crippen LogP contribution in [0.2, 0.25) is 0 Å². The summed E-state index contributed by atoms with van der Waals surface area (Å²) in [5.74, 6) is -0.362. The molecule has 0 bridgehead atoms. The molecular formula is C31H28N2O7S2. The first-order valence-electron chi connectivity index (χ1n) is 13.2. The third kappa shape index (κ3) is 5.79. The van der Waals surface area contributed by atoms with Gasteiger partial charge in [-0.3, -0.25) is 9.36 Å². The maximum absolute atomic E-state index is 14.1. The fourth-order valence-electron chi connectivity index (χ4n) is 4.59. The number of nitrogens with zero attached hydrogens (tertiary/aromatic N) is 2. The third-order valence-corrected chi connectivity index (χ3v) is 8.25. The number of hydrogen-bond donors (Lipinski definition) is 0. The van der Waals surface area contributed by atoms with Crippen molar-refractivity contribution in [2.24, 2.45) is 4.99 Å². The predicted octanol–water partition coefficient (Wildman–Crippen LogP) is 3.95. The fourth-order valence-corrected chi connectivity index (χ4v) is 6.41. The highest BCUT2D eigenvalue weighted by Crippen LogP contribution is 2.37. The van der Waals surface area contributed by atoms with Crippen molar-refractivity contribution in [3.8, 4) is 11.5 Å². The van der Waals surface area contributed by atoms with E-state index < -0.39 is 18.0 Å². The minimum atomic E-state index is -0.734. The van der Waals surface area contributed by atoms with Crippen LogP contribution in [0.4, 0.5) is 0 Å². The molecule has 0 unspecified atom stereocenters. The molecule has 0 spiro atoms. The van der Waals surface area contributed by atoms with Gasteiger partial charge in [0.05, 0.1) is 36.1 Å². The number of esters is 2. The van der Waals surface area contributed by atoms with E-state index >= 15 is 0 Å². The van der Waals surface area contributed by atoms with Gasteiger partial charge in [-0.25, -0.2) is 14.6 Å². The molecule has 0 aliphatic carbocycles. The molecule has 1 atom stereocenters. The zero-order valence-electron chi connectivity index (χ0n) is 23.2. The van der Waals surface area contributed by atoms with Crippen molar-refractivity contribution in [1.82, 2.24) is 4.57 Å². The molecule has 3 heterocycles. The lowest BCUT2D eigenvalue weighted by Crippen LogP contribution is -2.39. The highest BCUT2D eigenvalue weighted by molar-refractivity contribution is 7.10. The fraction of sp³-hybridized carbons (Fsp3) is 0.226. The minimum absolute atomic E-state index is 0.177. The lowest BCUT2D eigenvalue weighted by molar-refractivity contribution is -0.145. The monoisotopic (exact) mass is 604 g/mol. The summed E-state index contributed by atoms with van der Waals surface area (Å²) in [6.07, 6.45) is 1.68. The van der Waals surface area contributed by atoms with Crippen molar-refractivity contribution in [2.45, 2.75) is 19.9 Å². The van der Waals surface area contributed by atoms with Crippen LogP contribution in [0, 0.1) is 0 Å². The van der Waals surface area contributed by atoms with Gasteiger partial charge in [-0.1, -0.05) is 59.9 Å². The number of thiazole rings is 1. The third-order valence-electron chi connectivity index (χ3n) is 6.34. The zero-order valence-corrected chi connectivity index (χ0v) is 24.8. The van der Waals surface area contributed by atoms with E-state index in [4.69, 9.17) is 23.9 Å². The first kappa shape index (κ1) is 29.0. The Morgan fingerprint density at radius 1 is 1.00 bits per heavy atom. The highest BCUT2D eigenvalue weighted by atomic mass is 32.1. The summed E-state index contributed by atoms with van der Waals surface area (Å²) in [5, 5.41) is 1.90. The topological polar surface area (TPSA) is 105 Å². The van der Waals surface area contributed by atoms with Gasteiger partial charge in [0.1, 0.15) is 6.04 Å². The number of hydrogen-bond acceptors (Lipinski definition) is 10. The zero-order chi connectivity index (χ0) is 29.6. The van der Waals surface area contributed by atoms with Crippen LogP contribution in [0.1, 0.15) is 35.9 Å². The molecule has 0 radical (unpaired) electrons. The van der Waals surface area contributed by atoms with Gasteiger partial charge >= 0.3 is 11.9 Å². The summed E-state index contributed by atoms with van der Waals surface area (Å²) in [6, 6.07) is 17.6. The lowest BCUT2D eigenvalue weighted by Gasteiger charge is -2.24. The van der Waals surface area contributed by atoms with Crippen LogP contribution in [0.15, 0.2) is 81.4 Å². The Morgan fingerprint density at radius 2 is 1.79 bits per heavy atom. The molecule has 1 aliphatic rings. The molecule has 42 heavy (non-hydrogen) atoms. The second-order valence-electron chi connectivity index (χ2n) is 8.92. The van der Waals surface area contributed by atoms with Crippen molar-refractivity contribution >= 4 is 46.4 Å². The van der Waals surface area contributed by atoms with Crippen molar-refractivity contribution in [3.63, 3.8) is 0 Å². The summed E-state index contributed by atoms with van der Waals surface area (Å²) < 4.78 is 23.6. The van der Waals surface area contributed by atoms with Crippen LogP contribution in [-0.2, 0) is 19.1 Å². The maximum atomic E-state index is 14.1. The molecule has 1 aliphatic heterocycles. The normalized spacial score (nSPS) is 14.6. The number of rotatable bonds is 10. The van der Waals surface area contributed by atoms with Crippen LogP contribution in [0.25, 0.3) is 11.8 Å². The molecule has 4 aromatic rings. The standard InChI is InChI=1S/C31H28N2O7S2/c1-4-38-24(34)18-40-28-20(13-9-14-21(28)37-3)17-23-29(35)33-27(22-15-10-16-41-22)25(30(36)39-5-2)26(32-31(33)42-23)19-11-7-6-8-12-19/h6-17,27H,4-5,18H2,1-3H3/b23-17-/t27-/m0/s1. The minimum Gasteiger partial charge on any atom is -0.493 e. The van der Waals surface area contributed by atoms with Gasteiger partial charge < -0.3 is 18.9 Å². The lowest BCUT2D eigenvalue weighted by atomic mass is 9.97. The molecule has 216 valence electrons. The molecule has 9 nitrogen and oxygen atoms in total. The molecule has 0 saturated carbocycles. The number of methoxy groups -OCH3 is 1. The smallest absolute Gasteiger partial charge is 0.344 e. The largest absolute Gasteiger partial charge is 0.493 e. The van der Waals surface area contributed by atoms with Gasteiger partial charge in [0.15, 0.2) is 22.9 Å². The molecule has 0 saturated heterocycles. The van der Waals surface area contributed by atoms with Crippen LogP contribution in [0.5, 0.6) is 11.5 Å². The van der Waals surface area contributed by atoms with Gasteiger partial charge in [0.25, 0.3) is 5.56 Å². The first-order valence-corrected chi connectivity index (χ1v) is 14.9. The van der Waals surface area contributed by atoms with Crippen molar-refractivity contribution in [3.05, 3.63) is 107 Å². The van der Waals surface area contributed by atoms with Gasteiger partial charge in [0, 0.05) is 16.0 Å². The summed E-state index contributed by atoms with van der Waals surface area (Å²) in [6.45, 7) is 3.54. The number of ether oxygens (including phenoxy) is 4. The van der Waals surface area contributed by atoms with Crippen LogP contribution >= 0.6 is 22.7 Å². The summed E-state index contributed by atoms with van der Waals surface area (Å²) in [4.78, 5) is 45.6. The first-order chi connectivity index (χ1) is 20.5. The summed E-state index contributed by atoms with van der Waals surface area (Å²) in [7, 11) is 1.49. The number of benzene rings is 2. The van der Waals surface area contributed by atoms with E-state index in [-0.39, 0.29) is 25.4 Å². The van der Waals surface area contributed by atoms with E-state index in [1.165, 1.54) is 29.8 Å². The quantitative estimate of drug-likeness (QED) is 0.253. The van der Waals surface area contributed by atoms with Crippen molar-refractivity contribution in [1.29, 1.82) is 0 Å². The molecule has 2 aromatic carbocycles. The molecule has 0 N–H and O–H groups in total. The molecule has 0 fully saturated rings. The SMILES string of the molecule is CCOC(=O)COc1c(/C=c2\sc3n(c2=O)[C@@H](c2cccs2)C(C(=O)OCC)=C(c2ccccc2)N=3)cccc1OC. The molecular weight excluding hydrogens is 576 g/mol. The maximum Gasteiger partial charge on any atom is 0.344 e. The Morgan fingerprint density at radius 3 is 2.48 bits per heavy atom. The average molecular weight is 605 g/mol. The van der Waals surface area contributed by atoms with Crippen molar-refractivity contribution < 1.29 is 28.5 Å². The van der Waals surface area contributed by atoms with E-state index in [2.05, 4.69) is 0 Å². The molecule has 11 heteroatoms. The van der Waals surface area contributed by atoms with E-state index in [1.807, 2.05) is 47.8 Å². The number of carbonyl (C=O) groups is 2. The Kier molecular flexibility index (Phi) is 8.99. The highest BCUT2D eigenvalue weighted by Gasteiger charge is 2.35. The van der Waals surface area contributed by atoms with E-state index in [1.54, 1.807) is 42.7 Å². The van der Waals surface area contributed by atoms with Gasteiger partial charge in [0.2, 0.25) is 0 Å². The van der Waals surface area contributed by atoms with E-state index in [0.29, 0.717) is 37.7 Å². The van der Waals surface area contributed by atoms with Crippen LogP contribution in [0.3, 0.4) is 0 Å². The second kappa shape index (κ2) is 13.0. The van der Waals surface area contributed by atoms with Crippen LogP contribution in [-0.4, -0.2) is 43.4 Å². The Hall–Kier alpha value is -4.48. The number of fused-ring (bicyclic) bond motifs is 1. The number of thiophene rings is 1. The van der Waals surface area contributed by atoms with Crippen molar-refractivity contribution in [2.75, 3.05) is 26.9 Å². The Balaban J connectivity index is 1.72. The van der Waals surface area contributed by atoms with E-state index in [9.17, 15) is 14.4 Å². The van der Waals surface area contributed by atoms with E-state index in [0.717, 1.165) is 10.4 Å². The Bertz CT molecular complexity index is 1810. The summed E-state index contributed by atoms with van der Waals surface area (Å²) in [5.41, 5.74) is 1.70. The van der Waals surface area contributed by atoms with Gasteiger partial charge in [-0.2, -0.15) is 0 Å². The van der Waals surface area contributed by atoms with Gasteiger partial charge in [-0.15, -0.1) is 11.3 Å². The Labute approximate surface area is 249 Å². The molecule has 2 aromatic heterocycles. The summed E-state index contributed by atoms with van der Waals surface area (Å²) >= 11 is 2.64. The second-order valence-corrected chi connectivity index (χ2v) is 10.9. The van der Waals surface area contributed by atoms with Crippen LogP contribution < -0.4 is 24.4 Å². The molecule has 5 rings (SSSR count). The number of aromatic nitrogens is 1. The number of para-hydroxylation sites is 1.